The first kappa shape index (κ1) is 28.1. The molecule has 7 rings (SSSR count). The normalized spacial score (nSPS) is 17.2. The van der Waals surface area contributed by atoms with E-state index in [0.29, 0.717) is 11.1 Å². The van der Waals surface area contributed by atoms with Gasteiger partial charge in [-0.25, -0.2) is 0 Å². The van der Waals surface area contributed by atoms with E-state index in [-0.39, 0.29) is 5.41 Å². The Morgan fingerprint density at radius 3 is 1.93 bits per heavy atom. The molecule has 0 unspecified atom stereocenters. The van der Waals surface area contributed by atoms with Crippen LogP contribution in [0.3, 0.4) is 0 Å². The van der Waals surface area contributed by atoms with E-state index in [4.69, 9.17) is 33.8 Å². The second-order valence-electron chi connectivity index (χ2n) is 12.1. The van der Waals surface area contributed by atoms with E-state index in [1.807, 2.05) is 12.1 Å². The Labute approximate surface area is 264 Å². The number of hydrogen-bond donors (Lipinski definition) is 2. The molecule has 0 radical (unpaired) electrons. The van der Waals surface area contributed by atoms with Crippen LogP contribution in [-0.2, 0) is 31.3 Å². The lowest BCUT2D eigenvalue weighted by molar-refractivity contribution is 0.435. The third-order valence-corrected chi connectivity index (χ3v) is 9.90. The first-order chi connectivity index (χ1) is 21.0. The van der Waals surface area contributed by atoms with Crippen LogP contribution in [0.2, 0.25) is 5.02 Å². The molecule has 0 saturated heterocycles. The van der Waals surface area contributed by atoms with Crippen molar-refractivity contribution in [3.63, 3.8) is 0 Å². The minimum Gasteiger partial charge on any atom is -0.361 e. The Morgan fingerprint density at radius 1 is 0.767 bits per heavy atom. The van der Waals surface area contributed by atoms with Crippen LogP contribution in [0.1, 0.15) is 53.5 Å². The molecule has 220 valence electrons. The SMILES string of the molecule is S=C(NCC1(c2cccc(Cl)c2)CCCC1)Nc1nc(N2CCc3ccccc3C2)cc(N2CCc3ccccc3C2)n1. The molecule has 0 atom stereocenters. The molecule has 1 aromatic heterocycles. The summed E-state index contributed by atoms with van der Waals surface area (Å²) in [5, 5.41) is 8.21. The van der Waals surface area contributed by atoms with E-state index in [1.165, 1.54) is 40.7 Å². The molecule has 2 N–H and O–H groups in total. The molecular weight excluding hydrogens is 572 g/mol. The maximum absolute atomic E-state index is 6.39. The summed E-state index contributed by atoms with van der Waals surface area (Å²) in [6, 6.07) is 27.9. The number of hydrogen-bond acceptors (Lipinski definition) is 5. The van der Waals surface area contributed by atoms with Gasteiger partial charge >= 0.3 is 0 Å². The monoisotopic (exact) mass is 608 g/mol. The van der Waals surface area contributed by atoms with Gasteiger partial charge in [0, 0.05) is 49.2 Å². The summed E-state index contributed by atoms with van der Waals surface area (Å²) in [5.74, 6) is 2.38. The van der Waals surface area contributed by atoms with Crippen LogP contribution in [-0.4, -0.2) is 34.7 Å². The van der Waals surface area contributed by atoms with E-state index in [9.17, 15) is 0 Å². The zero-order valence-electron chi connectivity index (χ0n) is 24.4. The van der Waals surface area contributed by atoms with Crippen LogP contribution in [0.25, 0.3) is 0 Å². The molecule has 2 aliphatic heterocycles. The lowest BCUT2D eigenvalue weighted by Crippen LogP contribution is -2.41. The Kier molecular flexibility index (Phi) is 7.93. The van der Waals surface area contributed by atoms with Gasteiger partial charge < -0.3 is 20.4 Å². The zero-order chi connectivity index (χ0) is 29.2. The molecule has 1 aliphatic carbocycles. The molecule has 0 amide bonds. The number of nitrogens with zero attached hydrogens (tertiary/aromatic N) is 4. The Hall–Kier alpha value is -3.68. The van der Waals surface area contributed by atoms with Gasteiger partial charge in [0.2, 0.25) is 5.95 Å². The number of benzene rings is 3. The number of thiocarbonyl (C=S) groups is 1. The number of rotatable bonds is 6. The lowest BCUT2D eigenvalue weighted by atomic mass is 9.79. The molecule has 3 aromatic carbocycles. The summed E-state index contributed by atoms with van der Waals surface area (Å²) in [6.07, 6.45) is 6.65. The summed E-state index contributed by atoms with van der Waals surface area (Å²) in [4.78, 5) is 14.7. The van der Waals surface area contributed by atoms with Gasteiger partial charge in [-0.3, -0.25) is 0 Å². The van der Waals surface area contributed by atoms with Crippen molar-refractivity contribution in [3.8, 4) is 0 Å². The van der Waals surface area contributed by atoms with Crippen LogP contribution in [0.4, 0.5) is 17.6 Å². The number of nitrogens with one attached hydrogen (secondary N) is 2. The van der Waals surface area contributed by atoms with Gasteiger partial charge in [0.05, 0.1) is 0 Å². The van der Waals surface area contributed by atoms with Crippen LogP contribution in [0, 0.1) is 0 Å². The van der Waals surface area contributed by atoms with Crippen molar-refractivity contribution < 1.29 is 0 Å². The fourth-order valence-corrected chi connectivity index (χ4v) is 7.37. The molecule has 3 heterocycles. The van der Waals surface area contributed by atoms with Crippen LogP contribution in [0.15, 0.2) is 78.9 Å². The fourth-order valence-electron chi connectivity index (χ4n) is 7.02. The maximum Gasteiger partial charge on any atom is 0.232 e. The Morgan fingerprint density at radius 2 is 1.35 bits per heavy atom. The van der Waals surface area contributed by atoms with Gasteiger partial charge in [-0.05, 0) is 77.9 Å². The standard InChI is InChI=1S/C35H37ClN6S/c36-30-13-7-12-29(20-30)35(16-5-6-17-35)24-37-34(43)40-33-38-31(41-18-14-25-8-1-3-10-27(25)22-41)21-32(39-33)42-19-15-26-9-2-4-11-28(26)23-42/h1-4,7-13,20-21H,5-6,14-19,22-24H2,(H2,37,38,39,40,43). The smallest absolute Gasteiger partial charge is 0.232 e. The van der Waals surface area contributed by atoms with E-state index in [2.05, 4.69) is 87.2 Å². The van der Waals surface area contributed by atoms with Crippen molar-refractivity contribution in [3.05, 3.63) is 112 Å². The van der Waals surface area contributed by atoms with E-state index < -0.39 is 0 Å². The van der Waals surface area contributed by atoms with Crippen molar-refractivity contribution in [2.45, 2.75) is 57.0 Å². The van der Waals surface area contributed by atoms with E-state index in [0.717, 1.165) is 75.1 Å². The summed E-state index contributed by atoms with van der Waals surface area (Å²) < 4.78 is 0. The third-order valence-electron chi connectivity index (χ3n) is 9.42. The Bertz CT molecular complexity index is 1560. The molecule has 1 saturated carbocycles. The molecular formula is C35H37ClN6S. The van der Waals surface area contributed by atoms with Crippen molar-refractivity contribution in [1.82, 2.24) is 15.3 Å². The summed E-state index contributed by atoms with van der Waals surface area (Å²) >= 11 is 12.2. The van der Waals surface area contributed by atoms with E-state index >= 15 is 0 Å². The largest absolute Gasteiger partial charge is 0.361 e. The molecule has 8 heteroatoms. The number of aromatic nitrogens is 2. The number of fused-ring (bicyclic) bond motifs is 2. The highest BCUT2D eigenvalue weighted by Gasteiger charge is 2.36. The first-order valence-electron chi connectivity index (χ1n) is 15.4. The van der Waals surface area contributed by atoms with E-state index in [1.54, 1.807) is 0 Å². The van der Waals surface area contributed by atoms with Crippen LogP contribution < -0.4 is 20.4 Å². The predicted octanol–water partition coefficient (Wildman–Crippen LogP) is 7.05. The molecule has 4 aromatic rings. The van der Waals surface area contributed by atoms with Gasteiger partial charge in [-0.1, -0.05) is 85.1 Å². The number of anilines is 3. The van der Waals surface area contributed by atoms with Gasteiger partial charge in [-0.2, -0.15) is 9.97 Å². The van der Waals surface area contributed by atoms with Gasteiger partial charge in [0.25, 0.3) is 0 Å². The van der Waals surface area contributed by atoms with Gasteiger partial charge in [0.1, 0.15) is 11.6 Å². The van der Waals surface area contributed by atoms with Crippen LogP contribution in [0.5, 0.6) is 0 Å². The number of halogens is 1. The maximum atomic E-state index is 6.39. The second-order valence-corrected chi connectivity index (χ2v) is 12.9. The Balaban J connectivity index is 1.13. The predicted molar refractivity (Wildman–Crippen MR) is 180 cm³/mol. The van der Waals surface area contributed by atoms with Gasteiger partial charge in [0.15, 0.2) is 5.11 Å². The topological polar surface area (TPSA) is 56.3 Å². The lowest BCUT2D eigenvalue weighted by Gasteiger charge is -2.33. The fraction of sp³-hybridized carbons (Fsp3) is 0.343. The second kappa shape index (κ2) is 12.1. The summed E-state index contributed by atoms with van der Waals surface area (Å²) in [5.41, 5.74) is 6.86. The van der Waals surface area contributed by atoms with Crippen molar-refractivity contribution in [2.24, 2.45) is 0 Å². The summed E-state index contributed by atoms with van der Waals surface area (Å²) in [7, 11) is 0. The van der Waals surface area contributed by atoms with Gasteiger partial charge in [-0.15, -0.1) is 0 Å². The van der Waals surface area contributed by atoms with Crippen molar-refractivity contribution >= 4 is 46.5 Å². The zero-order valence-corrected chi connectivity index (χ0v) is 25.9. The minimum absolute atomic E-state index is 0.0207. The average Bonchev–Trinajstić information content (AvgIpc) is 3.53. The molecule has 43 heavy (non-hydrogen) atoms. The highest BCUT2D eigenvalue weighted by molar-refractivity contribution is 7.80. The third kappa shape index (κ3) is 6.06. The highest BCUT2D eigenvalue weighted by Crippen LogP contribution is 2.41. The minimum atomic E-state index is 0.0207. The molecule has 0 bridgehead atoms. The van der Waals surface area contributed by atoms with Crippen molar-refractivity contribution in [1.29, 1.82) is 0 Å². The molecule has 1 fully saturated rings. The molecule has 0 spiro atoms. The quantitative estimate of drug-likeness (QED) is 0.227. The van der Waals surface area contributed by atoms with Crippen LogP contribution >= 0.6 is 23.8 Å². The first-order valence-corrected chi connectivity index (χ1v) is 16.2. The molecule has 6 nitrogen and oxygen atoms in total. The highest BCUT2D eigenvalue weighted by atomic mass is 35.5. The average molecular weight is 609 g/mol. The summed E-state index contributed by atoms with van der Waals surface area (Å²) in [6.45, 7) is 4.25. The molecule has 3 aliphatic rings. The van der Waals surface area contributed by atoms with Crippen molar-refractivity contribution in [2.75, 3.05) is 34.8 Å².